The molecule has 1 heterocycles. The van der Waals surface area contributed by atoms with Crippen LogP contribution in [0.1, 0.15) is 20.3 Å². The average molecular weight is 371 g/mol. The standard InChI is InChI=1S/C16H25N3O5S/c1-3-23-14-6-5-13(9-15(14)24-4-2)25(21,22)18-10-16(20)19-8-7-12(17)11-19/h5-6,9,12,18H,3-4,7-8,10-11,17H2,1-2H3/t12-/m1/s1. The van der Waals surface area contributed by atoms with Crippen LogP contribution in [-0.4, -0.2) is 58.1 Å². The van der Waals surface area contributed by atoms with Gasteiger partial charge >= 0.3 is 0 Å². The van der Waals surface area contributed by atoms with E-state index in [1.165, 1.54) is 12.1 Å². The maximum absolute atomic E-state index is 12.4. The van der Waals surface area contributed by atoms with Gasteiger partial charge in [-0.05, 0) is 32.4 Å². The Labute approximate surface area is 148 Å². The number of carbonyl (C=O) groups excluding carboxylic acids is 1. The van der Waals surface area contributed by atoms with Crippen molar-refractivity contribution in [2.24, 2.45) is 5.73 Å². The summed E-state index contributed by atoms with van der Waals surface area (Å²) in [6.07, 6.45) is 0.731. The predicted molar refractivity (Wildman–Crippen MR) is 93.1 cm³/mol. The van der Waals surface area contributed by atoms with Crippen LogP contribution >= 0.6 is 0 Å². The third-order valence-electron chi connectivity index (χ3n) is 3.82. The molecule has 1 amide bonds. The molecule has 1 fully saturated rings. The van der Waals surface area contributed by atoms with Crippen molar-refractivity contribution in [2.75, 3.05) is 32.8 Å². The van der Waals surface area contributed by atoms with Gasteiger partial charge in [-0.2, -0.15) is 0 Å². The smallest absolute Gasteiger partial charge is 0.241 e. The molecule has 9 heteroatoms. The summed E-state index contributed by atoms with van der Waals surface area (Å²) >= 11 is 0. The molecule has 0 saturated carbocycles. The van der Waals surface area contributed by atoms with Crippen LogP contribution in [0.15, 0.2) is 23.1 Å². The van der Waals surface area contributed by atoms with Gasteiger partial charge < -0.3 is 20.1 Å². The number of nitrogens with two attached hydrogens (primary N) is 1. The number of sulfonamides is 1. The van der Waals surface area contributed by atoms with Gasteiger partial charge in [0.1, 0.15) is 0 Å². The highest BCUT2D eigenvalue weighted by molar-refractivity contribution is 7.89. The number of nitrogens with zero attached hydrogens (tertiary/aromatic N) is 1. The van der Waals surface area contributed by atoms with E-state index in [1.54, 1.807) is 17.9 Å². The molecule has 1 saturated heterocycles. The summed E-state index contributed by atoms with van der Waals surface area (Å²) in [5, 5.41) is 0. The molecule has 0 radical (unpaired) electrons. The summed E-state index contributed by atoms with van der Waals surface area (Å²) in [7, 11) is -3.84. The molecular weight excluding hydrogens is 346 g/mol. The van der Waals surface area contributed by atoms with Crippen LogP contribution in [0.4, 0.5) is 0 Å². The second-order valence-corrected chi connectivity index (χ2v) is 7.45. The van der Waals surface area contributed by atoms with Crippen LogP contribution < -0.4 is 19.9 Å². The lowest BCUT2D eigenvalue weighted by Gasteiger charge is -2.16. The summed E-state index contributed by atoms with van der Waals surface area (Å²) in [5.41, 5.74) is 5.76. The molecule has 0 aromatic heterocycles. The topological polar surface area (TPSA) is 111 Å². The van der Waals surface area contributed by atoms with E-state index >= 15 is 0 Å². The lowest BCUT2D eigenvalue weighted by molar-refractivity contribution is -0.128. The van der Waals surface area contributed by atoms with Gasteiger partial charge in [-0.15, -0.1) is 0 Å². The van der Waals surface area contributed by atoms with Crippen molar-refractivity contribution in [1.29, 1.82) is 0 Å². The molecule has 3 N–H and O–H groups in total. The zero-order valence-corrected chi connectivity index (χ0v) is 15.3. The van der Waals surface area contributed by atoms with Crippen LogP contribution in [0, 0.1) is 0 Å². The van der Waals surface area contributed by atoms with E-state index in [4.69, 9.17) is 15.2 Å². The number of amides is 1. The van der Waals surface area contributed by atoms with E-state index in [0.717, 1.165) is 6.42 Å². The minimum absolute atomic E-state index is 0.0188. The Morgan fingerprint density at radius 3 is 2.56 bits per heavy atom. The fraction of sp³-hybridized carbons (Fsp3) is 0.562. The third-order valence-corrected chi connectivity index (χ3v) is 5.21. The van der Waals surface area contributed by atoms with Crippen LogP contribution in [0.3, 0.4) is 0 Å². The molecule has 8 nitrogen and oxygen atoms in total. The van der Waals surface area contributed by atoms with E-state index < -0.39 is 10.0 Å². The molecule has 0 bridgehead atoms. The van der Waals surface area contributed by atoms with E-state index in [0.29, 0.717) is 37.8 Å². The first-order valence-electron chi connectivity index (χ1n) is 8.30. The largest absolute Gasteiger partial charge is 0.490 e. The Morgan fingerprint density at radius 2 is 1.96 bits per heavy atom. The third kappa shape index (κ3) is 5.07. The van der Waals surface area contributed by atoms with Gasteiger partial charge in [0.25, 0.3) is 0 Å². The summed E-state index contributed by atoms with van der Waals surface area (Å²) in [5.74, 6) is 0.544. The van der Waals surface area contributed by atoms with Crippen molar-refractivity contribution in [3.05, 3.63) is 18.2 Å². The van der Waals surface area contributed by atoms with Crippen LogP contribution in [0.25, 0.3) is 0 Å². The van der Waals surface area contributed by atoms with Gasteiger partial charge in [0.2, 0.25) is 15.9 Å². The Morgan fingerprint density at radius 1 is 1.28 bits per heavy atom. The van der Waals surface area contributed by atoms with Crippen molar-refractivity contribution < 1.29 is 22.7 Å². The number of hydrogen-bond donors (Lipinski definition) is 2. The number of likely N-dealkylation sites (tertiary alicyclic amines) is 1. The second kappa shape index (κ2) is 8.50. The average Bonchev–Trinajstić information content (AvgIpc) is 3.01. The van der Waals surface area contributed by atoms with E-state index in [9.17, 15) is 13.2 Å². The minimum Gasteiger partial charge on any atom is -0.490 e. The maximum Gasteiger partial charge on any atom is 0.241 e. The van der Waals surface area contributed by atoms with Crippen LogP contribution in [0.5, 0.6) is 11.5 Å². The molecule has 1 atom stereocenters. The Balaban J connectivity index is 2.07. The number of carbonyl (C=O) groups is 1. The molecule has 1 aromatic rings. The summed E-state index contributed by atoms with van der Waals surface area (Å²) in [4.78, 5) is 13.7. The van der Waals surface area contributed by atoms with Gasteiger partial charge in [0, 0.05) is 25.2 Å². The van der Waals surface area contributed by atoms with Crippen LogP contribution in [0.2, 0.25) is 0 Å². The number of hydrogen-bond acceptors (Lipinski definition) is 6. The van der Waals surface area contributed by atoms with Crippen LogP contribution in [-0.2, 0) is 14.8 Å². The van der Waals surface area contributed by atoms with Crippen molar-refractivity contribution in [3.63, 3.8) is 0 Å². The summed E-state index contributed by atoms with van der Waals surface area (Å²) in [6, 6.07) is 4.32. The minimum atomic E-state index is -3.84. The molecule has 1 aliphatic heterocycles. The Bertz CT molecular complexity index is 708. The molecule has 2 rings (SSSR count). The zero-order valence-electron chi connectivity index (χ0n) is 14.5. The summed E-state index contributed by atoms with van der Waals surface area (Å²) in [6.45, 7) is 5.16. The van der Waals surface area contributed by atoms with Crippen molar-refractivity contribution in [2.45, 2.75) is 31.2 Å². The van der Waals surface area contributed by atoms with Crippen molar-refractivity contribution in [1.82, 2.24) is 9.62 Å². The lowest BCUT2D eigenvalue weighted by Crippen LogP contribution is -2.40. The fourth-order valence-electron chi connectivity index (χ4n) is 2.56. The molecule has 25 heavy (non-hydrogen) atoms. The van der Waals surface area contributed by atoms with E-state index in [1.807, 2.05) is 6.92 Å². The molecule has 140 valence electrons. The highest BCUT2D eigenvalue weighted by Gasteiger charge is 2.25. The number of rotatable bonds is 8. The van der Waals surface area contributed by atoms with E-state index in [2.05, 4.69) is 4.72 Å². The highest BCUT2D eigenvalue weighted by atomic mass is 32.2. The second-order valence-electron chi connectivity index (χ2n) is 5.69. The first-order chi connectivity index (χ1) is 11.9. The van der Waals surface area contributed by atoms with Crippen molar-refractivity contribution in [3.8, 4) is 11.5 Å². The van der Waals surface area contributed by atoms with Gasteiger partial charge in [-0.3, -0.25) is 4.79 Å². The Kier molecular flexibility index (Phi) is 6.63. The quantitative estimate of drug-likeness (QED) is 0.681. The van der Waals surface area contributed by atoms with Gasteiger partial charge in [0.15, 0.2) is 11.5 Å². The monoisotopic (exact) mass is 371 g/mol. The van der Waals surface area contributed by atoms with Gasteiger partial charge in [-0.25, -0.2) is 13.1 Å². The number of nitrogens with one attached hydrogen (secondary N) is 1. The summed E-state index contributed by atoms with van der Waals surface area (Å²) < 4.78 is 38.1. The first kappa shape index (κ1) is 19.5. The highest BCUT2D eigenvalue weighted by Crippen LogP contribution is 2.30. The maximum atomic E-state index is 12.4. The number of benzene rings is 1. The zero-order chi connectivity index (χ0) is 18.4. The Hall–Kier alpha value is -1.84. The molecule has 1 aromatic carbocycles. The van der Waals surface area contributed by atoms with E-state index in [-0.39, 0.29) is 23.4 Å². The SMILES string of the molecule is CCOc1ccc(S(=O)(=O)NCC(=O)N2CC[C@@H](N)C2)cc1OCC. The first-order valence-corrected chi connectivity index (χ1v) is 9.78. The molecule has 0 aliphatic carbocycles. The molecule has 0 spiro atoms. The normalized spacial score (nSPS) is 17.6. The lowest BCUT2D eigenvalue weighted by atomic mass is 10.3. The number of ether oxygens (including phenoxy) is 2. The molecule has 1 aliphatic rings. The van der Waals surface area contributed by atoms with Gasteiger partial charge in [0.05, 0.1) is 24.7 Å². The predicted octanol–water partition coefficient (Wildman–Crippen LogP) is 0.322. The molecular formula is C16H25N3O5S. The van der Waals surface area contributed by atoms with Crippen molar-refractivity contribution >= 4 is 15.9 Å². The molecule has 0 unspecified atom stereocenters. The van der Waals surface area contributed by atoms with Gasteiger partial charge in [-0.1, -0.05) is 0 Å². The fourth-order valence-corrected chi connectivity index (χ4v) is 3.55.